The van der Waals surface area contributed by atoms with Crippen LogP contribution in [0.2, 0.25) is 0 Å². The molecule has 0 amide bonds. The summed E-state index contributed by atoms with van der Waals surface area (Å²) < 4.78 is 40.4. The molecule has 4 aromatic rings. The number of nitrogens with zero attached hydrogens (tertiary/aromatic N) is 1. The van der Waals surface area contributed by atoms with Gasteiger partial charge in [-0.05, 0) is 36.6 Å². The van der Waals surface area contributed by atoms with Crippen molar-refractivity contribution in [2.45, 2.75) is 42.5 Å². The van der Waals surface area contributed by atoms with Crippen LogP contribution in [0.1, 0.15) is 55.7 Å². The molecule has 2 aromatic heterocycles. The molecule has 4 rings (SSSR count). The Kier molecular flexibility index (Phi) is 9.91. The number of aryl methyl sites for hydroxylation is 2. The van der Waals surface area contributed by atoms with E-state index in [0.29, 0.717) is 16.6 Å². The van der Waals surface area contributed by atoms with E-state index in [0.717, 1.165) is 22.9 Å². The minimum Gasteiger partial charge on any atom is -0.345 e. The number of nitrogens with one attached hydrogen (secondary N) is 2. The minimum atomic E-state index is -3.70. The van der Waals surface area contributed by atoms with Gasteiger partial charge in [-0.25, -0.2) is 17.8 Å². The van der Waals surface area contributed by atoms with E-state index in [9.17, 15) is 13.2 Å². The molecule has 0 atom stereocenters. The number of aromatic nitrogens is 2. The van der Waals surface area contributed by atoms with Gasteiger partial charge in [0.2, 0.25) is 10.0 Å². The molecule has 0 aliphatic heterocycles. The zero-order valence-electron chi connectivity index (χ0n) is 19.2. The molecule has 2 aromatic carbocycles. The van der Waals surface area contributed by atoms with Crippen molar-refractivity contribution >= 4 is 32.5 Å². The van der Waals surface area contributed by atoms with E-state index in [1.807, 2.05) is 51.1 Å². The van der Waals surface area contributed by atoms with Crippen LogP contribution in [0, 0.1) is 19.7 Å². The lowest BCUT2D eigenvalue weighted by molar-refractivity contribution is 0.103. The number of fused-ring (bicyclic) bond motifs is 1. The molecule has 0 unspecified atom stereocenters. The molecule has 0 radical (unpaired) electrons. The van der Waals surface area contributed by atoms with Crippen molar-refractivity contribution in [2.75, 3.05) is 11.0 Å². The van der Waals surface area contributed by atoms with Crippen LogP contribution in [0.5, 0.6) is 0 Å². The molecular formula is C27H34FN3O3S. The van der Waals surface area contributed by atoms with Crippen molar-refractivity contribution in [3.05, 3.63) is 82.9 Å². The smallest absolute Gasteiger partial charge is 0.229 e. The lowest BCUT2D eigenvalue weighted by Gasteiger charge is -2.12. The summed E-state index contributed by atoms with van der Waals surface area (Å²) in [6.07, 6.45) is 4.17. The first-order valence-electron chi connectivity index (χ1n) is 10.5. The first-order chi connectivity index (χ1) is 15.7. The number of benzene rings is 2. The van der Waals surface area contributed by atoms with E-state index < -0.39 is 21.6 Å². The van der Waals surface area contributed by atoms with Crippen LogP contribution in [-0.2, 0) is 10.0 Å². The molecule has 0 spiro atoms. The van der Waals surface area contributed by atoms with Gasteiger partial charge in [0.15, 0.2) is 11.6 Å². The second-order valence-electron chi connectivity index (χ2n) is 7.41. The highest BCUT2D eigenvalue weighted by molar-refractivity contribution is 7.92. The van der Waals surface area contributed by atoms with Gasteiger partial charge in [-0.15, -0.1) is 0 Å². The van der Waals surface area contributed by atoms with Gasteiger partial charge in [0.25, 0.3) is 0 Å². The van der Waals surface area contributed by atoms with Gasteiger partial charge in [-0.3, -0.25) is 9.52 Å². The van der Waals surface area contributed by atoms with Gasteiger partial charge in [-0.2, -0.15) is 0 Å². The second-order valence-corrected chi connectivity index (χ2v) is 9.16. The summed E-state index contributed by atoms with van der Waals surface area (Å²) in [5.41, 5.74) is 3.41. The lowest BCUT2D eigenvalue weighted by atomic mass is 9.94. The Morgan fingerprint density at radius 2 is 1.66 bits per heavy atom. The summed E-state index contributed by atoms with van der Waals surface area (Å²) >= 11 is 0. The predicted molar refractivity (Wildman–Crippen MR) is 144 cm³/mol. The Labute approximate surface area is 207 Å². The van der Waals surface area contributed by atoms with Gasteiger partial charge in [0.05, 0.1) is 17.5 Å². The van der Waals surface area contributed by atoms with Crippen molar-refractivity contribution in [3.8, 4) is 11.1 Å². The molecule has 2 N–H and O–H groups in total. The number of anilines is 1. The third kappa shape index (κ3) is 5.95. The average molecular weight is 500 g/mol. The number of ketones is 1. The number of sulfonamides is 1. The molecule has 0 bridgehead atoms. The van der Waals surface area contributed by atoms with Gasteiger partial charge >= 0.3 is 0 Å². The summed E-state index contributed by atoms with van der Waals surface area (Å²) in [4.78, 5) is 20.8. The Morgan fingerprint density at radius 1 is 1.03 bits per heavy atom. The standard InChI is InChI=1S/C23H20FN3O3S.C2H6.2CH4/c1-13-9-10-18(27-31(3,29)30)21(24)19(13)22(28)17-12-26-23-20(17)14(2)16(11-25-23)15-7-5-4-6-8-15;1-2;;/h4-12,27H,1-3H3,(H,25,26);1-2H3;2*1H4. The number of halogens is 1. The van der Waals surface area contributed by atoms with Crippen LogP contribution >= 0.6 is 0 Å². The first-order valence-corrected chi connectivity index (χ1v) is 12.4. The number of H-pyrrole nitrogens is 1. The number of rotatable bonds is 5. The molecule has 0 saturated heterocycles. The average Bonchev–Trinajstić information content (AvgIpc) is 3.22. The Morgan fingerprint density at radius 3 is 2.26 bits per heavy atom. The summed E-state index contributed by atoms with van der Waals surface area (Å²) in [7, 11) is -3.70. The molecule has 188 valence electrons. The van der Waals surface area contributed by atoms with Crippen molar-refractivity contribution in [2.24, 2.45) is 0 Å². The van der Waals surface area contributed by atoms with Gasteiger partial charge in [-0.1, -0.05) is 65.1 Å². The zero-order chi connectivity index (χ0) is 24.3. The van der Waals surface area contributed by atoms with Gasteiger partial charge in [0.1, 0.15) is 5.65 Å². The van der Waals surface area contributed by atoms with Gasteiger partial charge < -0.3 is 4.98 Å². The van der Waals surface area contributed by atoms with Crippen molar-refractivity contribution in [1.82, 2.24) is 9.97 Å². The highest BCUT2D eigenvalue weighted by atomic mass is 32.2. The molecule has 0 aliphatic rings. The molecule has 0 saturated carbocycles. The van der Waals surface area contributed by atoms with Gasteiger partial charge in [0, 0.05) is 28.9 Å². The third-order valence-electron chi connectivity index (χ3n) is 5.16. The van der Waals surface area contributed by atoms with Crippen LogP contribution < -0.4 is 4.72 Å². The largest absolute Gasteiger partial charge is 0.345 e. The monoisotopic (exact) mass is 499 g/mol. The number of carbonyl (C=O) groups excluding carboxylic acids is 1. The molecule has 35 heavy (non-hydrogen) atoms. The molecule has 0 aliphatic carbocycles. The van der Waals surface area contributed by atoms with Crippen LogP contribution in [0.15, 0.2) is 54.9 Å². The minimum absolute atomic E-state index is 0. The summed E-state index contributed by atoms with van der Waals surface area (Å²) in [5, 5.41) is 0.603. The Hall–Kier alpha value is -3.52. The van der Waals surface area contributed by atoms with E-state index >= 15 is 4.39 Å². The fourth-order valence-corrected chi connectivity index (χ4v) is 4.26. The number of aromatic amines is 1. The second kappa shape index (κ2) is 11.8. The maximum atomic E-state index is 15.2. The van der Waals surface area contributed by atoms with Crippen LogP contribution in [0.3, 0.4) is 0 Å². The van der Waals surface area contributed by atoms with E-state index in [-0.39, 0.29) is 31.7 Å². The number of pyridine rings is 1. The molecular weight excluding hydrogens is 465 g/mol. The van der Waals surface area contributed by atoms with E-state index in [1.165, 1.54) is 18.3 Å². The lowest BCUT2D eigenvalue weighted by Crippen LogP contribution is -2.14. The van der Waals surface area contributed by atoms with Crippen LogP contribution in [-0.4, -0.2) is 30.4 Å². The number of carbonyl (C=O) groups is 1. The van der Waals surface area contributed by atoms with Crippen molar-refractivity contribution in [1.29, 1.82) is 0 Å². The van der Waals surface area contributed by atoms with Crippen molar-refractivity contribution < 1.29 is 17.6 Å². The Bertz CT molecular complexity index is 1430. The highest BCUT2D eigenvalue weighted by Gasteiger charge is 2.24. The summed E-state index contributed by atoms with van der Waals surface area (Å²) in [6, 6.07) is 12.5. The van der Waals surface area contributed by atoms with E-state index in [2.05, 4.69) is 14.7 Å². The fraction of sp³-hybridized carbons (Fsp3) is 0.259. The van der Waals surface area contributed by atoms with E-state index in [1.54, 1.807) is 13.1 Å². The first kappa shape index (κ1) is 29.5. The summed E-state index contributed by atoms with van der Waals surface area (Å²) in [5.74, 6) is -1.46. The van der Waals surface area contributed by atoms with Crippen molar-refractivity contribution in [3.63, 3.8) is 0 Å². The molecule has 0 fully saturated rings. The SMILES string of the molecule is C.C.CC.Cc1ccc(NS(C)(=O)=O)c(F)c1C(=O)c1c[nH]c2ncc(-c3ccccc3)c(C)c12. The molecule has 2 heterocycles. The molecule has 8 heteroatoms. The molecule has 6 nitrogen and oxygen atoms in total. The van der Waals surface area contributed by atoms with Crippen LogP contribution in [0.4, 0.5) is 10.1 Å². The summed E-state index contributed by atoms with van der Waals surface area (Å²) in [6.45, 7) is 7.50. The zero-order valence-corrected chi connectivity index (χ0v) is 20.0. The number of hydrogen-bond donors (Lipinski definition) is 2. The predicted octanol–water partition coefficient (Wildman–Crippen LogP) is 6.89. The third-order valence-corrected chi connectivity index (χ3v) is 5.75. The Balaban J connectivity index is 0.00000149. The quantitative estimate of drug-likeness (QED) is 0.293. The topological polar surface area (TPSA) is 91.9 Å². The maximum absolute atomic E-state index is 15.2. The fourth-order valence-electron chi connectivity index (χ4n) is 3.71. The maximum Gasteiger partial charge on any atom is 0.229 e. The highest BCUT2D eigenvalue weighted by Crippen LogP contribution is 2.32. The normalized spacial score (nSPS) is 10.5. The number of hydrogen-bond acceptors (Lipinski definition) is 4. The van der Waals surface area contributed by atoms with E-state index in [4.69, 9.17) is 0 Å². The van der Waals surface area contributed by atoms with Crippen LogP contribution in [0.25, 0.3) is 22.2 Å².